The van der Waals surface area contributed by atoms with E-state index in [1.54, 1.807) is 6.26 Å². The molecule has 3 nitrogen and oxygen atoms in total. The topological polar surface area (TPSA) is 42.6 Å². The number of rotatable bonds is 4. The van der Waals surface area contributed by atoms with E-state index in [9.17, 15) is 5.11 Å². The molecule has 0 aliphatic carbocycles. The van der Waals surface area contributed by atoms with E-state index in [1.807, 2.05) is 62.4 Å². The third-order valence-electron chi connectivity index (χ3n) is 3.38. The van der Waals surface area contributed by atoms with Crippen molar-refractivity contribution in [1.29, 1.82) is 0 Å². The van der Waals surface area contributed by atoms with E-state index in [0.717, 1.165) is 22.1 Å². The smallest absolute Gasteiger partial charge is 0.134 e. The first kappa shape index (κ1) is 13.7. The fraction of sp³-hybridized carbons (Fsp3) is 0.222. The molecule has 0 radical (unpaired) electrons. The van der Waals surface area contributed by atoms with Crippen molar-refractivity contribution in [3.63, 3.8) is 0 Å². The zero-order valence-electron chi connectivity index (χ0n) is 12.1. The van der Waals surface area contributed by atoms with Crippen LogP contribution in [0.5, 0.6) is 5.75 Å². The highest BCUT2D eigenvalue weighted by atomic mass is 16.5. The van der Waals surface area contributed by atoms with Crippen molar-refractivity contribution in [3.8, 4) is 5.75 Å². The summed E-state index contributed by atoms with van der Waals surface area (Å²) in [6.45, 7) is 3.94. The average molecular weight is 282 g/mol. The first-order valence-electron chi connectivity index (χ1n) is 7.06. The molecule has 1 N–H and O–H groups in total. The van der Waals surface area contributed by atoms with Gasteiger partial charge in [-0.2, -0.15) is 0 Å². The minimum absolute atomic E-state index is 0.0550. The van der Waals surface area contributed by atoms with Gasteiger partial charge in [-0.25, -0.2) is 0 Å². The highest BCUT2D eigenvalue weighted by molar-refractivity contribution is 5.81. The monoisotopic (exact) mass is 282 g/mol. The van der Waals surface area contributed by atoms with Gasteiger partial charge in [-0.05, 0) is 26.0 Å². The summed E-state index contributed by atoms with van der Waals surface area (Å²) in [6, 6.07) is 15.2. The lowest BCUT2D eigenvalue weighted by Gasteiger charge is -2.17. The molecular formula is C18H18O3. The second kappa shape index (κ2) is 5.62. The van der Waals surface area contributed by atoms with E-state index in [1.165, 1.54) is 0 Å². The summed E-state index contributed by atoms with van der Waals surface area (Å²) in [7, 11) is 0. The predicted molar refractivity (Wildman–Crippen MR) is 82.5 cm³/mol. The maximum Gasteiger partial charge on any atom is 0.134 e. The number of hydrogen-bond donors (Lipinski definition) is 1. The van der Waals surface area contributed by atoms with Gasteiger partial charge < -0.3 is 14.3 Å². The maximum atomic E-state index is 10.7. The zero-order chi connectivity index (χ0) is 14.8. The molecule has 0 bridgehead atoms. The molecule has 0 saturated heterocycles. The highest BCUT2D eigenvalue weighted by Crippen LogP contribution is 2.34. The van der Waals surface area contributed by atoms with Crippen molar-refractivity contribution in [1.82, 2.24) is 0 Å². The van der Waals surface area contributed by atoms with Crippen molar-refractivity contribution in [2.24, 2.45) is 0 Å². The number of aliphatic hydroxyl groups is 1. The fourth-order valence-electron chi connectivity index (χ4n) is 2.45. The summed E-state index contributed by atoms with van der Waals surface area (Å²) in [5.41, 5.74) is 2.27. The lowest BCUT2D eigenvalue weighted by molar-refractivity contribution is 0.198. The van der Waals surface area contributed by atoms with Gasteiger partial charge in [0, 0.05) is 16.5 Å². The van der Waals surface area contributed by atoms with Crippen LogP contribution < -0.4 is 4.74 Å². The Hall–Kier alpha value is -2.26. The summed E-state index contributed by atoms with van der Waals surface area (Å²) < 4.78 is 11.3. The van der Waals surface area contributed by atoms with Gasteiger partial charge >= 0.3 is 0 Å². The Balaban J connectivity index is 2.04. The second-order valence-electron chi connectivity index (χ2n) is 5.29. The maximum absolute atomic E-state index is 10.7. The Morgan fingerprint density at radius 1 is 0.952 bits per heavy atom. The van der Waals surface area contributed by atoms with Gasteiger partial charge in [0.25, 0.3) is 0 Å². The number of fused-ring (bicyclic) bond motifs is 1. The third-order valence-corrected chi connectivity index (χ3v) is 3.38. The van der Waals surface area contributed by atoms with E-state index < -0.39 is 6.10 Å². The molecule has 1 aromatic heterocycles. The molecule has 0 spiro atoms. The van der Waals surface area contributed by atoms with Gasteiger partial charge in [0.15, 0.2) is 0 Å². The number of hydrogen-bond acceptors (Lipinski definition) is 3. The molecule has 0 saturated carbocycles. The Bertz CT molecular complexity index is 743. The molecule has 0 aliphatic heterocycles. The summed E-state index contributed by atoms with van der Waals surface area (Å²) in [4.78, 5) is 0. The van der Waals surface area contributed by atoms with Crippen molar-refractivity contribution in [2.75, 3.05) is 0 Å². The Morgan fingerprint density at radius 2 is 1.67 bits per heavy atom. The van der Waals surface area contributed by atoms with Gasteiger partial charge in [-0.1, -0.05) is 36.4 Å². The molecular weight excluding hydrogens is 264 g/mol. The van der Waals surface area contributed by atoms with Crippen LogP contribution in [0.15, 0.2) is 59.2 Å². The highest BCUT2D eigenvalue weighted by Gasteiger charge is 2.20. The van der Waals surface area contributed by atoms with Crippen LogP contribution in [0.2, 0.25) is 0 Å². The minimum Gasteiger partial charge on any atom is -0.491 e. The van der Waals surface area contributed by atoms with E-state index in [4.69, 9.17) is 9.15 Å². The lowest BCUT2D eigenvalue weighted by atomic mass is 10.00. The molecule has 108 valence electrons. The summed E-state index contributed by atoms with van der Waals surface area (Å²) in [5, 5.41) is 11.7. The minimum atomic E-state index is -0.774. The summed E-state index contributed by atoms with van der Waals surface area (Å²) >= 11 is 0. The number of aliphatic hydroxyl groups excluding tert-OH is 1. The van der Waals surface area contributed by atoms with Gasteiger partial charge in [-0.15, -0.1) is 0 Å². The quantitative estimate of drug-likeness (QED) is 0.775. The predicted octanol–water partition coefficient (Wildman–Crippen LogP) is 4.30. The van der Waals surface area contributed by atoms with Crippen LogP contribution in [0.1, 0.15) is 31.1 Å². The first-order valence-corrected chi connectivity index (χ1v) is 7.06. The van der Waals surface area contributed by atoms with Crippen LogP contribution in [0.3, 0.4) is 0 Å². The average Bonchev–Trinajstić information content (AvgIpc) is 2.90. The zero-order valence-corrected chi connectivity index (χ0v) is 12.1. The number of ether oxygens (including phenoxy) is 1. The van der Waals surface area contributed by atoms with Crippen LogP contribution in [0, 0.1) is 0 Å². The van der Waals surface area contributed by atoms with Crippen LogP contribution >= 0.6 is 0 Å². The van der Waals surface area contributed by atoms with Crippen LogP contribution in [0.4, 0.5) is 0 Å². The van der Waals surface area contributed by atoms with Gasteiger partial charge in [-0.3, -0.25) is 0 Å². The van der Waals surface area contributed by atoms with Gasteiger partial charge in [0.2, 0.25) is 0 Å². The SMILES string of the molecule is CC(C)Oc1ccccc1C(O)c1coc2ccccc12. The van der Waals surface area contributed by atoms with Crippen molar-refractivity contribution >= 4 is 11.0 Å². The largest absolute Gasteiger partial charge is 0.491 e. The molecule has 0 aliphatic rings. The fourth-order valence-corrected chi connectivity index (χ4v) is 2.45. The van der Waals surface area contributed by atoms with Crippen molar-refractivity contribution in [3.05, 3.63) is 65.9 Å². The number of benzene rings is 2. The lowest BCUT2D eigenvalue weighted by Crippen LogP contribution is -2.09. The van der Waals surface area contributed by atoms with E-state index in [2.05, 4.69) is 0 Å². The number of para-hydroxylation sites is 2. The molecule has 3 aromatic rings. The Kier molecular flexibility index (Phi) is 3.67. The summed E-state index contributed by atoms with van der Waals surface area (Å²) in [5.74, 6) is 0.699. The number of furan rings is 1. The molecule has 1 heterocycles. The molecule has 1 unspecified atom stereocenters. The Labute approximate surface area is 123 Å². The standard InChI is InChI=1S/C18H18O3/c1-12(2)21-17-10-6-4-8-14(17)18(19)15-11-20-16-9-5-3-7-13(15)16/h3-12,18-19H,1-2H3. The van der Waals surface area contributed by atoms with Gasteiger partial charge in [0.1, 0.15) is 17.4 Å². The van der Waals surface area contributed by atoms with Crippen LogP contribution in [-0.2, 0) is 0 Å². The van der Waals surface area contributed by atoms with Gasteiger partial charge in [0.05, 0.1) is 12.4 Å². The Morgan fingerprint density at radius 3 is 2.48 bits per heavy atom. The van der Waals surface area contributed by atoms with Crippen LogP contribution in [0.25, 0.3) is 11.0 Å². The van der Waals surface area contributed by atoms with E-state index >= 15 is 0 Å². The second-order valence-corrected chi connectivity index (χ2v) is 5.29. The molecule has 0 fully saturated rings. The third kappa shape index (κ3) is 2.65. The molecule has 3 rings (SSSR count). The molecule has 2 aromatic carbocycles. The normalized spacial score (nSPS) is 12.8. The first-order chi connectivity index (χ1) is 10.2. The van der Waals surface area contributed by atoms with Crippen molar-refractivity contribution in [2.45, 2.75) is 26.1 Å². The van der Waals surface area contributed by atoms with Crippen LogP contribution in [-0.4, -0.2) is 11.2 Å². The molecule has 21 heavy (non-hydrogen) atoms. The molecule has 1 atom stereocenters. The molecule has 0 amide bonds. The molecule has 3 heteroatoms. The van der Waals surface area contributed by atoms with E-state index in [0.29, 0.717) is 5.75 Å². The van der Waals surface area contributed by atoms with Crippen molar-refractivity contribution < 1.29 is 14.3 Å². The van der Waals surface area contributed by atoms with E-state index in [-0.39, 0.29) is 6.10 Å². The summed E-state index contributed by atoms with van der Waals surface area (Å²) in [6.07, 6.45) is 0.893.